The van der Waals surface area contributed by atoms with Crippen LogP contribution in [0.15, 0.2) is 42.6 Å². The molecule has 43 heavy (non-hydrogen) atoms. The van der Waals surface area contributed by atoms with Gasteiger partial charge in [0.2, 0.25) is 5.95 Å². The zero-order chi connectivity index (χ0) is 30.1. The van der Waals surface area contributed by atoms with Crippen LogP contribution in [0.1, 0.15) is 52.2 Å². The van der Waals surface area contributed by atoms with E-state index in [0.717, 1.165) is 84.0 Å². The van der Waals surface area contributed by atoms with Gasteiger partial charge >= 0.3 is 0 Å². The minimum absolute atomic E-state index is 0.206. The fraction of sp³-hybridized carbons (Fsp3) is 0.364. The van der Waals surface area contributed by atoms with Gasteiger partial charge in [0.25, 0.3) is 5.91 Å². The standard InChI is InChI=1S/C33H37N9O/c1-5-21-8-7-9-22(6-2)28(21)37-32(43)30-26-12-10-23-20-35-33(38-29(23)31(26)41(4)39-30)36-27-13-11-25(18-24(27)19-34)42-16-14-40(3)15-17-42/h7-9,11,13,18,20H,5-6,10,12,14-17H2,1-4H3,(H,37,43)(H,35,36,38). The van der Waals surface area contributed by atoms with E-state index in [9.17, 15) is 10.1 Å². The number of hydrogen-bond donors (Lipinski definition) is 2. The second-order valence-electron chi connectivity index (χ2n) is 11.2. The third-order valence-electron chi connectivity index (χ3n) is 8.57. The number of amides is 1. The molecule has 2 aliphatic rings. The molecule has 2 aromatic heterocycles. The Balaban J connectivity index is 1.28. The van der Waals surface area contributed by atoms with Crippen LogP contribution in [0.4, 0.5) is 23.0 Å². The van der Waals surface area contributed by atoms with Crippen LogP contribution in [0.3, 0.4) is 0 Å². The third-order valence-corrected chi connectivity index (χ3v) is 8.57. The number of likely N-dealkylation sites (N-methyl/N-ethyl adjacent to an activating group) is 1. The van der Waals surface area contributed by atoms with Crippen molar-refractivity contribution >= 4 is 28.9 Å². The zero-order valence-electron chi connectivity index (χ0n) is 25.2. The number of carbonyl (C=O) groups excluding carboxylic acids is 1. The average Bonchev–Trinajstić information content (AvgIpc) is 3.38. The van der Waals surface area contributed by atoms with E-state index in [-0.39, 0.29) is 5.91 Å². The van der Waals surface area contributed by atoms with Gasteiger partial charge in [0.15, 0.2) is 5.69 Å². The summed E-state index contributed by atoms with van der Waals surface area (Å²) in [5.41, 5.74) is 9.23. The number of aromatic nitrogens is 4. The highest BCUT2D eigenvalue weighted by molar-refractivity contribution is 6.06. The highest BCUT2D eigenvalue weighted by atomic mass is 16.2. The maximum Gasteiger partial charge on any atom is 0.276 e. The molecule has 10 heteroatoms. The number of nitrogens with one attached hydrogen (secondary N) is 2. The van der Waals surface area contributed by atoms with Crippen LogP contribution in [0, 0.1) is 11.3 Å². The van der Waals surface area contributed by atoms with Gasteiger partial charge in [0, 0.05) is 56.4 Å². The Hall–Kier alpha value is -4.75. The third kappa shape index (κ3) is 5.44. The monoisotopic (exact) mass is 575 g/mol. The molecule has 1 fully saturated rings. The predicted octanol–water partition coefficient (Wildman–Crippen LogP) is 4.72. The number of nitriles is 1. The molecule has 2 N–H and O–H groups in total. The first-order valence-corrected chi connectivity index (χ1v) is 15.0. The molecule has 0 radical (unpaired) electrons. The summed E-state index contributed by atoms with van der Waals surface area (Å²) in [5, 5.41) is 21.1. The van der Waals surface area contributed by atoms with Gasteiger partial charge in [-0.15, -0.1) is 0 Å². The lowest BCUT2D eigenvalue weighted by Gasteiger charge is -2.34. The lowest BCUT2D eigenvalue weighted by Crippen LogP contribution is -2.44. The van der Waals surface area contributed by atoms with E-state index in [2.05, 4.69) is 69.6 Å². The molecule has 0 saturated carbocycles. The van der Waals surface area contributed by atoms with E-state index >= 15 is 0 Å². The second-order valence-corrected chi connectivity index (χ2v) is 11.2. The topological polar surface area (TPSA) is 115 Å². The van der Waals surface area contributed by atoms with E-state index < -0.39 is 0 Å². The van der Waals surface area contributed by atoms with Crippen LogP contribution >= 0.6 is 0 Å². The van der Waals surface area contributed by atoms with Crippen molar-refractivity contribution in [3.8, 4) is 17.5 Å². The summed E-state index contributed by atoms with van der Waals surface area (Å²) in [6, 6.07) is 14.4. The van der Waals surface area contributed by atoms with Crippen LogP contribution < -0.4 is 15.5 Å². The maximum absolute atomic E-state index is 13.6. The smallest absolute Gasteiger partial charge is 0.276 e. The second kappa shape index (κ2) is 11.9. The first kappa shape index (κ1) is 28.4. The Morgan fingerprint density at radius 1 is 1.02 bits per heavy atom. The van der Waals surface area contributed by atoms with Crippen LogP contribution in [0.5, 0.6) is 0 Å². The Kier molecular flexibility index (Phi) is 7.82. The first-order valence-electron chi connectivity index (χ1n) is 15.0. The van der Waals surface area contributed by atoms with Crippen molar-refractivity contribution < 1.29 is 4.79 Å². The predicted molar refractivity (Wildman–Crippen MR) is 169 cm³/mol. The number of para-hydroxylation sites is 1. The van der Waals surface area contributed by atoms with Crippen LogP contribution in [-0.4, -0.2) is 63.8 Å². The number of benzene rings is 2. The van der Waals surface area contributed by atoms with Crippen molar-refractivity contribution in [3.63, 3.8) is 0 Å². The van der Waals surface area contributed by atoms with Gasteiger partial charge in [-0.2, -0.15) is 10.4 Å². The number of aryl methyl sites for hydroxylation is 4. The highest BCUT2D eigenvalue weighted by Gasteiger charge is 2.29. The molecule has 1 aliphatic heterocycles. The molecule has 0 bridgehead atoms. The number of carbonyl (C=O) groups is 1. The van der Waals surface area contributed by atoms with Crippen molar-refractivity contribution in [1.29, 1.82) is 5.26 Å². The molecular formula is C33H37N9O. The molecule has 220 valence electrons. The van der Waals surface area contributed by atoms with Gasteiger partial charge in [0.05, 0.1) is 22.6 Å². The molecule has 6 rings (SSSR count). The number of nitrogens with zero attached hydrogens (tertiary/aromatic N) is 7. The summed E-state index contributed by atoms with van der Waals surface area (Å²) in [7, 11) is 3.98. The van der Waals surface area contributed by atoms with E-state index in [1.165, 1.54) is 0 Å². The Bertz CT molecular complexity index is 1700. The van der Waals surface area contributed by atoms with Crippen molar-refractivity contribution in [2.24, 2.45) is 7.05 Å². The number of anilines is 4. The largest absolute Gasteiger partial charge is 0.369 e. The van der Waals surface area contributed by atoms with Crippen LogP contribution in [-0.2, 0) is 32.7 Å². The fourth-order valence-corrected chi connectivity index (χ4v) is 6.09. The number of fused-ring (bicyclic) bond motifs is 3. The summed E-state index contributed by atoms with van der Waals surface area (Å²) >= 11 is 0. The summed E-state index contributed by atoms with van der Waals surface area (Å²) in [5.74, 6) is 0.189. The lowest BCUT2D eigenvalue weighted by atomic mass is 9.93. The molecule has 0 unspecified atom stereocenters. The van der Waals surface area contributed by atoms with Crippen molar-refractivity contribution in [3.05, 3.63) is 76.1 Å². The normalized spacial score (nSPS) is 14.5. The number of piperazine rings is 1. The van der Waals surface area contributed by atoms with E-state index in [0.29, 0.717) is 35.7 Å². The molecule has 4 aromatic rings. The molecule has 10 nitrogen and oxygen atoms in total. The van der Waals surface area contributed by atoms with E-state index in [1.54, 1.807) is 4.68 Å². The molecule has 1 amide bonds. The molecule has 0 atom stereocenters. The summed E-state index contributed by atoms with van der Waals surface area (Å²) in [6.45, 7) is 8.04. The lowest BCUT2D eigenvalue weighted by molar-refractivity contribution is 0.102. The van der Waals surface area contributed by atoms with Crippen molar-refractivity contribution in [1.82, 2.24) is 24.6 Å². The molecule has 1 saturated heterocycles. The van der Waals surface area contributed by atoms with Crippen LogP contribution in [0.2, 0.25) is 0 Å². The number of rotatable bonds is 7. The Morgan fingerprint density at radius 2 is 1.77 bits per heavy atom. The summed E-state index contributed by atoms with van der Waals surface area (Å²) < 4.78 is 1.75. The summed E-state index contributed by atoms with van der Waals surface area (Å²) in [6.07, 6.45) is 4.88. The number of hydrogen-bond acceptors (Lipinski definition) is 8. The van der Waals surface area contributed by atoms with Gasteiger partial charge in [-0.25, -0.2) is 9.97 Å². The molecule has 3 heterocycles. The molecule has 0 spiro atoms. The van der Waals surface area contributed by atoms with Crippen molar-refractivity contribution in [2.75, 3.05) is 48.8 Å². The summed E-state index contributed by atoms with van der Waals surface area (Å²) in [4.78, 5) is 27.7. The SMILES string of the molecule is CCc1cccc(CC)c1NC(=O)c1nn(C)c2c1CCc1cnc(Nc3ccc(N4CCN(C)CC4)cc3C#N)nc1-2. The van der Waals surface area contributed by atoms with Gasteiger partial charge in [-0.1, -0.05) is 32.0 Å². The molecule has 2 aromatic carbocycles. The van der Waals surface area contributed by atoms with E-state index in [4.69, 9.17) is 4.98 Å². The molecule has 1 aliphatic carbocycles. The van der Waals surface area contributed by atoms with Gasteiger partial charge in [-0.05, 0) is 67.6 Å². The minimum Gasteiger partial charge on any atom is -0.369 e. The maximum atomic E-state index is 13.6. The van der Waals surface area contributed by atoms with Crippen LogP contribution in [0.25, 0.3) is 11.4 Å². The van der Waals surface area contributed by atoms with Gasteiger partial charge < -0.3 is 20.4 Å². The van der Waals surface area contributed by atoms with Gasteiger partial charge in [0.1, 0.15) is 6.07 Å². The first-order chi connectivity index (χ1) is 20.9. The highest BCUT2D eigenvalue weighted by Crippen LogP contribution is 2.35. The van der Waals surface area contributed by atoms with Gasteiger partial charge in [-0.3, -0.25) is 9.48 Å². The average molecular weight is 576 g/mol. The Labute approximate surface area is 252 Å². The Morgan fingerprint density at radius 3 is 2.47 bits per heavy atom. The quantitative estimate of drug-likeness (QED) is 0.325. The van der Waals surface area contributed by atoms with E-state index in [1.807, 2.05) is 37.5 Å². The molecular weight excluding hydrogens is 538 g/mol. The zero-order valence-corrected chi connectivity index (χ0v) is 25.2. The fourth-order valence-electron chi connectivity index (χ4n) is 6.09. The minimum atomic E-state index is -0.206. The van der Waals surface area contributed by atoms with Crippen molar-refractivity contribution in [2.45, 2.75) is 39.5 Å².